The Bertz CT molecular complexity index is 1040. The summed E-state index contributed by atoms with van der Waals surface area (Å²) in [5.74, 6) is 1.02. The zero-order chi connectivity index (χ0) is 17.2. The largest absolute Gasteiger partial charge is 0.323 e. The van der Waals surface area contributed by atoms with Gasteiger partial charge in [0, 0.05) is 22.5 Å². The molecule has 1 aromatic heterocycles. The molecule has 4 aromatic rings. The van der Waals surface area contributed by atoms with Gasteiger partial charge in [-0.25, -0.2) is 4.98 Å². The molecule has 2 nitrogen and oxygen atoms in total. The van der Waals surface area contributed by atoms with Crippen LogP contribution < -0.4 is 0 Å². The van der Waals surface area contributed by atoms with E-state index in [0.717, 1.165) is 38.5 Å². The van der Waals surface area contributed by atoms with Gasteiger partial charge in [-0.3, -0.25) is 0 Å². The van der Waals surface area contributed by atoms with E-state index in [0.29, 0.717) is 6.42 Å². The van der Waals surface area contributed by atoms with E-state index < -0.39 is 0 Å². The molecule has 4 heteroatoms. The van der Waals surface area contributed by atoms with Gasteiger partial charge in [-0.15, -0.1) is 0 Å². The van der Waals surface area contributed by atoms with Crippen LogP contribution in [0.2, 0.25) is 5.02 Å². The summed E-state index contributed by atoms with van der Waals surface area (Å²) >= 11 is 9.92. The standard InChI is InChI=1S/C21H16BrClN2/c22-17-8-5-6-15(12-17)14-25-20-11-4-3-10-19(20)24-21(25)13-16-7-1-2-9-18(16)23/h1-12H,13-14H2. The van der Waals surface area contributed by atoms with Crippen LogP contribution in [0.15, 0.2) is 77.3 Å². The maximum atomic E-state index is 6.36. The average Bonchev–Trinajstić information content (AvgIpc) is 2.95. The number of nitrogens with zero attached hydrogens (tertiary/aromatic N) is 2. The van der Waals surface area contributed by atoms with E-state index >= 15 is 0 Å². The van der Waals surface area contributed by atoms with Crippen molar-refractivity contribution in [1.29, 1.82) is 0 Å². The molecule has 0 aliphatic rings. The summed E-state index contributed by atoms with van der Waals surface area (Å²) in [6, 6.07) is 24.6. The molecule has 0 unspecified atom stereocenters. The lowest BCUT2D eigenvalue weighted by Gasteiger charge is -2.11. The predicted molar refractivity (Wildman–Crippen MR) is 107 cm³/mol. The van der Waals surface area contributed by atoms with Gasteiger partial charge in [-0.05, 0) is 41.5 Å². The monoisotopic (exact) mass is 410 g/mol. The normalized spacial score (nSPS) is 11.1. The average molecular weight is 412 g/mol. The second kappa shape index (κ2) is 7.03. The van der Waals surface area contributed by atoms with Gasteiger partial charge < -0.3 is 4.57 Å². The fourth-order valence-electron chi connectivity index (χ4n) is 3.07. The molecule has 0 saturated heterocycles. The minimum Gasteiger partial charge on any atom is -0.323 e. The van der Waals surface area contributed by atoms with Crippen molar-refractivity contribution in [3.63, 3.8) is 0 Å². The Morgan fingerprint density at radius 2 is 1.72 bits per heavy atom. The number of imidazole rings is 1. The Morgan fingerprint density at radius 1 is 0.920 bits per heavy atom. The van der Waals surface area contributed by atoms with Crippen LogP contribution in [0.3, 0.4) is 0 Å². The predicted octanol–water partition coefficient (Wildman–Crippen LogP) is 6.09. The summed E-state index contributed by atoms with van der Waals surface area (Å²) in [5, 5.41) is 0.781. The van der Waals surface area contributed by atoms with Crippen LogP contribution in [-0.2, 0) is 13.0 Å². The smallest absolute Gasteiger partial charge is 0.114 e. The molecule has 0 spiro atoms. The fourth-order valence-corrected chi connectivity index (χ4v) is 3.72. The van der Waals surface area contributed by atoms with Gasteiger partial charge in [0.15, 0.2) is 0 Å². The Labute approximate surface area is 160 Å². The van der Waals surface area contributed by atoms with Crippen molar-refractivity contribution in [1.82, 2.24) is 9.55 Å². The molecule has 3 aromatic carbocycles. The molecule has 0 aliphatic carbocycles. The van der Waals surface area contributed by atoms with Crippen molar-refractivity contribution in [2.75, 3.05) is 0 Å². The second-order valence-electron chi connectivity index (χ2n) is 6.00. The highest BCUT2D eigenvalue weighted by atomic mass is 79.9. The number of hydrogen-bond donors (Lipinski definition) is 0. The molecule has 0 fully saturated rings. The van der Waals surface area contributed by atoms with Crippen molar-refractivity contribution >= 4 is 38.6 Å². The Morgan fingerprint density at radius 3 is 2.56 bits per heavy atom. The lowest BCUT2D eigenvalue weighted by molar-refractivity contribution is 0.762. The van der Waals surface area contributed by atoms with E-state index in [4.69, 9.17) is 16.6 Å². The molecule has 0 atom stereocenters. The first-order valence-corrected chi connectivity index (χ1v) is 9.30. The van der Waals surface area contributed by atoms with Crippen LogP contribution in [0.1, 0.15) is 17.0 Å². The summed E-state index contributed by atoms with van der Waals surface area (Å²) in [4.78, 5) is 4.86. The van der Waals surface area contributed by atoms with Crippen LogP contribution in [-0.4, -0.2) is 9.55 Å². The molecule has 4 rings (SSSR count). The van der Waals surface area contributed by atoms with Crippen LogP contribution in [0.5, 0.6) is 0 Å². The minimum atomic E-state index is 0.711. The van der Waals surface area contributed by atoms with Gasteiger partial charge in [0.25, 0.3) is 0 Å². The highest BCUT2D eigenvalue weighted by Crippen LogP contribution is 2.24. The number of rotatable bonds is 4. The molecule has 1 heterocycles. The number of fused-ring (bicyclic) bond motifs is 1. The van der Waals surface area contributed by atoms with Crippen LogP contribution in [0, 0.1) is 0 Å². The number of benzene rings is 3. The number of para-hydroxylation sites is 2. The zero-order valence-corrected chi connectivity index (χ0v) is 15.8. The summed E-state index contributed by atoms with van der Waals surface area (Å²) < 4.78 is 3.36. The number of hydrogen-bond acceptors (Lipinski definition) is 1. The molecule has 0 radical (unpaired) electrons. The molecule has 0 saturated carbocycles. The summed E-state index contributed by atoms with van der Waals surface area (Å²) in [5.41, 5.74) is 4.48. The maximum Gasteiger partial charge on any atom is 0.114 e. The van der Waals surface area contributed by atoms with Crippen LogP contribution in [0.25, 0.3) is 11.0 Å². The van der Waals surface area contributed by atoms with Gasteiger partial charge in [-0.2, -0.15) is 0 Å². The fraction of sp³-hybridized carbons (Fsp3) is 0.0952. The first-order valence-electron chi connectivity index (χ1n) is 8.13. The molecule has 0 amide bonds. The SMILES string of the molecule is Clc1ccccc1Cc1nc2ccccc2n1Cc1cccc(Br)c1. The molecule has 0 N–H and O–H groups in total. The number of halogens is 2. The number of aromatic nitrogens is 2. The summed E-state index contributed by atoms with van der Waals surface area (Å²) in [7, 11) is 0. The molecular weight excluding hydrogens is 396 g/mol. The van der Waals surface area contributed by atoms with E-state index in [-0.39, 0.29) is 0 Å². The molecule has 0 aliphatic heterocycles. The van der Waals surface area contributed by atoms with Gasteiger partial charge in [-0.1, -0.05) is 70.0 Å². The highest BCUT2D eigenvalue weighted by Gasteiger charge is 2.13. The van der Waals surface area contributed by atoms with E-state index in [2.05, 4.69) is 63.0 Å². The third-order valence-electron chi connectivity index (χ3n) is 4.27. The Kier molecular flexibility index (Phi) is 4.60. The molecule has 0 bridgehead atoms. The first kappa shape index (κ1) is 16.4. The van der Waals surface area contributed by atoms with Crippen LogP contribution in [0.4, 0.5) is 0 Å². The third kappa shape index (κ3) is 3.48. The minimum absolute atomic E-state index is 0.711. The second-order valence-corrected chi connectivity index (χ2v) is 7.32. The lowest BCUT2D eigenvalue weighted by Crippen LogP contribution is -2.06. The first-order chi connectivity index (χ1) is 12.2. The van der Waals surface area contributed by atoms with Crippen LogP contribution >= 0.6 is 27.5 Å². The molecule has 25 heavy (non-hydrogen) atoms. The van der Waals surface area contributed by atoms with Gasteiger partial charge in [0.2, 0.25) is 0 Å². The van der Waals surface area contributed by atoms with Crippen molar-refractivity contribution in [2.45, 2.75) is 13.0 Å². The van der Waals surface area contributed by atoms with Crippen molar-refractivity contribution in [3.05, 3.63) is 99.2 Å². The van der Waals surface area contributed by atoms with Crippen molar-refractivity contribution in [3.8, 4) is 0 Å². The highest BCUT2D eigenvalue weighted by molar-refractivity contribution is 9.10. The Hall–Kier alpha value is -2.10. The Balaban J connectivity index is 1.79. The lowest BCUT2D eigenvalue weighted by atomic mass is 10.1. The molecule has 124 valence electrons. The maximum absolute atomic E-state index is 6.36. The van der Waals surface area contributed by atoms with Crippen molar-refractivity contribution < 1.29 is 0 Å². The van der Waals surface area contributed by atoms with E-state index in [1.807, 2.05) is 30.3 Å². The van der Waals surface area contributed by atoms with E-state index in [1.165, 1.54) is 5.56 Å². The third-order valence-corrected chi connectivity index (χ3v) is 5.13. The van der Waals surface area contributed by atoms with Gasteiger partial charge in [0.1, 0.15) is 5.82 Å². The van der Waals surface area contributed by atoms with Crippen molar-refractivity contribution in [2.24, 2.45) is 0 Å². The summed E-state index contributed by atoms with van der Waals surface area (Å²) in [6.07, 6.45) is 0.711. The van der Waals surface area contributed by atoms with E-state index in [1.54, 1.807) is 0 Å². The zero-order valence-electron chi connectivity index (χ0n) is 13.5. The topological polar surface area (TPSA) is 17.8 Å². The molecular formula is C21H16BrClN2. The van der Waals surface area contributed by atoms with Gasteiger partial charge in [0.05, 0.1) is 11.0 Å². The van der Waals surface area contributed by atoms with E-state index in [9.17, 15) is 0 Å². The summed E-state index contributed by atoms with van der Waals surface area (Å²) in [6.45, 7) is 0.778. The quantitative estimate of drug-likeness (QED) is 0.397. The van der Waals surface area contributed by atoms with Gasteiger partial charge >= 0.3 is 0 Å².